The SMILES string of the molecule is CCCCCCCCC(O)C[N+](C)(CC)CCCCCC[N+](C)(CC)CC(O)CCCCCCCC.Cc1ccc(S(=O)(=O)[O-])cc1.Cc1ccc(S(=O)(=O)[O-])cc1. The summed E-state index contributed by atoms with van der Waals surface area (Å²) in [6.07, 6.45) is 22.3. The van der Waals surface area contributed by atoms with Gasteiger partial charge in [0.05, 0.1) is 50.1 Å². The van der Waals surface area contributed by atoms with Gasteiger partial charge in [-0.05, 0) is 90.5 Å². The number of benzene rings is 2. The van der Waals surface area contributed by atoms with E-state index in [1.807, 2.05) is 13.8 Å². The minimum Gasteiger partial charge on any atom is -0.744 e. The van der Waals surface area contributed by atoms with Gasteiger partial charge in [-0.15, -0.1) is 0 Å². The number of unbranched alkanes of at least 4 members (excludes halogenated alkanes) is 13. The fourth-order valence-electron chi connectivity index (χ4n) is 7.03. The molecule has 0 bridgehead atoms. The van der Waals surface area contributed by atoms with E-state index in [4.69, 9.17) is 0 Å². The zero-order valence-electron chi connectivity index (χ0n) is 37.8. The molecule has 338 valence electrons. The highest BCUT2D eigenvalue weighted by Crippen LogP contribution is 2.17. The van der Waals surface area contributed by atoms with Crippen molar-refractivity contribution in [1.82, 2.24) is 0 Å². The van der Waals surface area contributed by atoms with E-state index in [2.05, 4.69) is 41.8 Å². The van der Waals surface area contributed by atoms with Crippen LogP contribution in [0.15, 0.2) is 58.3 Å². The number of hydrogen-bond acceptors (Lipinski definition) is 8. The summed E-state index contributed by atoms with van der Waals surface area (Å²) in [4.78, 5) is -0.355. The first-order valence-electron chi connectivity index (χ1n) is 22.3. The van der Waals surface area contributed by atoms with Crippen molar-refractivity contribution in [3.8, 4) is 0 Å². The van der Waals surface area contributed by atoms with E-state index < -0.39 is 20.2 Å². The molecule has 10 nitrogen and oxygen atoms in total. The maximum Gasteiger partial charge on any atom is 0.124 e. The van der Waals surface area contributed by atoms with Gasteiger partial charge < -0.3 is 28.3 Å². The highest BCUT2D eigenvalue weighted by atomic mass is 32.2. The Labute approximate surface area is 356 Å². The first-order chi connectivity index (χ1) is 27.2. The second-order valence-electron chi connectivity index (χ2n) is 17.1. The van der Waals surface area contributed by atoms with Gasteiger partial charge in [0, 0.05) is 0 Å². The van der Waals surface area contributed by atoms with Gasteiger partial charge in [0.1, 0.15) is 45.5 Å². The molecule has 4 unspecified atom stereocenters. The molecule has 0 aliphatic heterocycles. The van der Waals surface area contributed by atoms with E-state index in [0.29, 0.717) is 0 Å². The topological polar surface area (TPSA) is 155 Å². The Morgan fingerprint density at radius 1 is 0.483 bits per heavy atom. The molecule has 0 aliphatic rings. The summed E-state index contributed by atoms with van der Waals surface area (Å²) in [5.41, 5.74) is 1.86. The Bertz CT molecular complexity index is 1410. The molecule has 0 aliphatic carbocycles. The number of likely N-dealkylation sites (N-methyl/N-ethyl adjacent to an activating group) is 2. The normalized spacial score (nSPS) is 14.9. The van der Waals surface area contributed by atoms with Crippen LogP contribution in [0.1, 0.15) is 154 Å². The van der Waals surface area contributed by atoms with Crippen LogP contribution in [-0.2, 0) is 20.2 Å². The molecule has 0 saturated carbocycles. The summed E-state index contributed by atoms with van der Waals surface area (Å²) in [5, 5.41) is 21.2. The van der Waals surface area contributed by atoms with Crippen LogP contribution in [0, 0.1) is 13.8 Å². The Balaban J connectivity index is 0.00000117. The number of aliphatic hydroxyl groups is 2. The summed E-state index contributed by atoms with van der Waals surface area (Å²) >= 11 is 0. The van der Waals surface area contributed by atoms with Crippen molar-refractivity contribution in [3.63, 3.8) is 0 Å². The van der Waals surface area contributed by atoms with Crippen molar-refractivity contribution in [2.24, 2.45) is 0 Å². The van der Waals surface area contributed by atoms with E-state index in [1.54, 1.807) is 24.3 Å². The number of aliphatic hydroxyl groups excluding tert-OH is 2. The predicted molar refractivity (Wildman–Crippen MR) is 238 cm³/mol. The molecule has 0 radical (unpaired) electrons. The molecule has 2 N–H and O–H groups in total. The zero-order valence-corrected chi connectivity index (χ0v) is 39.4. The van der Waals surface area contributed by atoms with Crippen LogP contribution in [0.4, 0.5) is 0 Å². The lowest BCUT2D eigenvalue weighted by Crippen LogP contribution is -2.49. The van der Waals surface area contributed by atoms with Crippen molar-refractivity contribution in [2.75, 3.05) is 53.4 Å². The van der Waals surface area contributed by atoms with Gasteiger partial charge in [-0.25, -0.2) is 16.8 Å². The van der Waals surface area contributed by atoms with E-state index in [1.165, 1.54) is 140 Å². The van der Waals surface area contributed by atoms with Crippen molar-refractivity contribution in [3.05, 3.63) is 59.7 Å². The van der Waals surface area contributed by atoms with Crippen LogP contribution in [0.3, 0.4) is 0 Å². The number of rotatable bonds is 29. The smallest absolute Gasteiger partial charge is 0.124 e. The molecule has 0 aromatic heterocycles. The lowest BCUT2D eigenvalue weighted by Gasteiger charge is -2.36. The molecule has 0 fully saturated rings. The van der Waals surface area contributed by atoms with Crippen LogP contribution in [0.2, 0.25) is 0 Å². The van der Waals surface area contributed by atoms with Crippen molar-refractivity contribution < 1.29 is 45.1 Å². The van der Waals surface area contributed by atoms with E-state index in [0.717, 1.165) is 59.1 Å². The first-order valence-corrected chi connectivity index (χ1v) is 25.1. The largest absolute Gasteiger partial charge is 0.744 e. The summed E-state index contributed by atoms with van der Waals surface area (Å²) in [6.45, 7) is 19.1. The summed E-state index contributed by atoms with van der Waals surface area (Å²) < 4.78 is 64.3. The summed E-state index contributed by atoms with van der Waals surface area (Å²) in [7, 11) is -3.87. The Morgan fingerprint density at radius 2 is 0.759 bits per heavy atom. The molecule has 0 amide bonds. The van der Waals surface area contributed by atoms with Gasteiger partial charge in [-0.2, -0.15) is 0 Å². The van der Waals surface area contributed by atoms with Crippen LogP contribution < -0.4 is 0 Å². The van der Waals surface area contributed by atoms with Crippen LogP contribution in [0.5, 0.6) is 0 Å². The minimum atomic E-state index is -4.27. The molecule has 12 heteroatoms. The average Bonchev–Trinajstić information content (AvgIpc) is 3.16. The zero-order chi connectivity index (χ0) is 44.1. The number of nitrogens with zero attached hydrogens (tertiary/aromatic N) is 2. The van der Waals surface area contributed by atoms with Gasteiger partial charge in [-0.3, -0.25) is 0 Å². The third kappa shape index (κ3) is 28.5. The van der Waals surface area contributed by atoms with Gasteiger partial charge in [0.2, 0.25) is 0 Å². The fourth-order valence-corrected chi connectivity index (χ4v) is 7.97. The molecule has 58 heavy (non-hydrogen) atoms. The third-order valence-corrected chi connectivity index (χ3v) is 13.1. The maximum absolute atomic E-state index is 10.6. The van der Waals surface area contributed by atoms with Crippen LogP contribution in [0.25, 0.3) is 0 Å². The fraction of sp³-hybridized carbons (Fsp3) is 0.739. The highest BCUT2D eigenvalue weighted by Gasteiger charge is 2.25. The van der Waals surface area contributed by atoms with Gasteiger partial charge in [0.25, 0.3) is 0 Å². The first kappa shape index (κ1) is 56.1. The minimum absolute atomic E-state index is 0.147. The van der Waals surface area contributed by atoms with E-state index in [-0.39, 0.29) is 22.0 Å². The summed E-state index contributed by atoms with van der Waals surface area (Å²) in [5.74, 6) is 0. The van der Waals surface area contributed by atoms with E-state index >= 15 is 0 Å². The van der Waals surface area contributed by atoms with Gasteiger partial charge in [0.15, 0.2) is 0 Å². The molecule has 0 spiro atoms. The standard InChI is InChI=1S/C32H70N2O2.2C7H8O3S/c1-7-11-13-15-17-21-25-31(35)29-33(5,9-3)27-23-19-20-24-28-34(6,10-4)30-32(36)26-22-18-16-14-12-8-2;2*1-6-2-4-7(5-3-6)11(8,9)10/h31-32,35-36H,7-30H2,1-6H3;2*2-5H,1H3,(H,8,9,10)/q+2;;/p-2. The predicted octanol–water partition coefficient (Wildman–Crippen LogP) is 9.50. The van der Waals surface area contributed by atoms with E-state index in [9.17, 15) is 36.2 Å². The molecule has 0 heterocycles. The number of quaternary nitrogens is 2. The Hall–Kier alpha value is -1.90. The Morgan fingerprint density at radius 3 is 1.03 bits per heavy atom. The van der Waals surface area contributed by atoms with Crippen molar-refractivity contribution in [2.45, 2.75) is 179 Å². The summed E-state index contributed by atoms with van der Waals surface area (Å²) in [6, 6.07) is 11.6. The Kier molecular flexibility index (Phi) is 30.0. The molecular formula is C46H84N2O8S2. The quantitative estimate of drug-likeness (QED) is 0.0466. The van der Waals surface area contributed by atoms with Crippen molar-refractivity contribution >= 4 is 20.2 Å². The lowest BCUT2D eigenvalue weighted by molar-refractivity contribution is -0.911. The monoisotopic (exact) mass is 857 g/mol. The second-order valence-corrected chi connectivity index (χ2v) is 19.8. The highest BCUT2D eigenvalue weighted by molar-refractivity contribution is 7.86. The van der Waals surface area contributed by atoms with Crippen molar-refractivity contribution in [1.29, 1.82) is 0 Å². The second kappa shape index (κ2) is 31.0. The number of aryl methyl sites for hydroxylation is 2. The van der Waals surface area contributed by atoms with Gasteiger partial charge >= 0.3 is 0 Å². The molecule has 2 aromatic rings. The molecule has 2 aromatic carbocycles. The average molecular weight is 857 g/mol. The van der Waals surface area contributed by atoms with Crippen LogP contribution >= 0.6 is 0 Å². The lowest BCUT2D eigenvalue weighted by atomic mass is 10.1. The molecule has 0 saturated heterocycles. The molecular weight excluding hydrogens is 773 g/mol. The third-order valence-electron chi connectivity index (χ3n) is 11.4. The van der Waals surface area contributed by atoms with Gasteiger partial charge in [-0.1, -0.05) is 126 Å². The maximum atomic E-state index is 10.6. The molecule has 4 atom stereocenters. The molecule has 2 rings (SSSR count). The van der Waals surface area contributed by atoms with Crippen LogP contribution in [-0.4, -0.2) is 111 Å². The number of hydrogen-bond donors (Lipinski definition) is 2.